The summed E-state index contributed by atoms with van der Waals surface area (Å²) in [6.45, 7) is 0. The number of nitrogens with zero attached hydrogens (tertiary/aromatic N) is 1. The molecule has 0 amide bonds. The van der Waals surface area contributed by atoms with E-state index in [0.717, 1.165) is 0 Å². The van der Waals surface area contributed by atoms with Gasteiger partial charge in [0.1, 0.15) is 10.0 Å². The van der Waals surface area contributed by atoms with Gasteiger partial charge in [-0.3, -0.25) is 4.72 Å². The fourth-order valence-electron chi connectivity index (χ4n) is 1.52. The Bertz CT molecular complexity index is 742. The third-order valence-electron chi connectivity index (χ3n) is 2.36. The van der Waals surface area contributed by atoms with Crippen molar-refractivity contribution < 1.29 is 17.2 Å². The summed E-state index contributed by atoms with van der Waals surface area (Å²) in [5, 5.41) is -0.191. The van der Waals surface area contributed by atoms with Crippen molar-refractivity contribution >= 4 is 39.1 Å². The van der Waals surface area contributed by atoms with Crippen molar-refractivity contribution in [3.8, 4) is 0 Å². The quantitative estimate of drug-likeness (QED) is 0.657. The highest BCUT2D eigenvalue weighted by Gasteiger charge is 2.20. The molecule has 1 aromatic heterocycles. The smallest absolute Gasteiger partial charge is 0.278 e. The van der Waals surface area contributed by atoms with Gasteiger partial charge in [0.05, 0.1) is 5.69 Å². The van der Waals surface area contributed by atoms with Crippen LogP contribution in [0.1, 0.15) is 0 Å². The van der Waals surface area contributed by atoms with Crippen LogP contribution in [0.15, 0.2) is 52.4 Å². The minimum atomic E-state index is -4.00. The van der Waals surface area contributed by atoms with Crippen LogP contribution in [-0.2, 0) is 10.0 Å². The Balaban J connectivity index is 2.36. The zero-order valence-electron chi connectivity index (χ0n) is 10.3. The molecule has 2 rings (SSSR count). The summed E-state index contributed by atoms with van der Waals surface area (Å²) in [6, 6.07) is 8.57. The van der Waals surface area contributed by atoms with Gasteiger partial charge in [0.2, 0.25) is 0 Å². The number of halogens is 3. The van der Waals surface area contributed by atoms with E-state index in [2.05, 4.69) is 9.71 Å². The van der Waals surface area contributed by atoms with E-state index in [4.69, 9.17) is 11.6 Å². The number of para-hydroxylation sites is 1. The molecule has 0 radical (unpaired) electrons. The van der Waals surface area contributed by atoms with Gasteiger partial charge in [-0.15, -0.1) is 0 Å². The summed E-state index contributed by atoms with van der Waals surface area (Å²) >= 11 is 6.00. The number of alkyl halides is 2. The highest BCUT2D eigenvalue weighted by molar-refractivity contribution is 7.99. The fraction of sp³-hybridized carbons (Fsp3) is 0.0833. The Morgan fingerprint density at radius 1 is 1.19 bits per heavy atom. The van der Waals surface area contributed by atoms with Crippen LogP contribution in [0.2, 0.25) is 5.15 Å². The molecule has 21 heavy (non-hydrogen) atoms. The van der Waals surface area contributed by atoms with E-state index in [0.29, 0.717) is 0 Å². The Kier molecular flexibility index (Phi) is 5.02. The summed E-state index contributed by atoms with van der Waals surface area (Å²) < 4.78 is 51.6. The van der Waals surface area contributed by atoms with Crippen molar-refractivity contribution in [2.45, 2.75) is 15.5 Å². The number of anilines is 1. The number of aromatic nitrogens is 1. The number of benzene rings is 1. The second-order valence-electron chi connectivity index (χ2n) is 3.77. The molecule has 0 fully saturated rings. The lowest BCUT2D eigenvalue weighted by Crippen LogP contribution is -2.14. The van der Waals surface area contributed by atoms with Crippen LogP contribution >= 0.6 is 23.4 Å². The molecule has 9 heteroatoms. The predicted molar refractivity (Wildman–Crippen MR) is 78.4 cm³/mol. The van der Waals surface area contributed by atoms with E-state index in [1.54, 1.807) is 6.07 Å². The van der Waals surface area contributed by atoms with Crippen molar-refractivity contribution in [2.75, 3.05) is 4.72 Å². The first-order valence-corrected chi connectivity index (χ1v) is 8.31. The summed E-state index contributed by atoms with van der Waals surface area (Å²) in [5.41, 5.74) is 0.0581. The van der Waals surface area contributed by atoms with E-state index in [1.165, 1.54) is 36.5 Å². The van der Waals surface area contributed by atoms with Crippen molar-refractivity contribution in [3.63, 3.8) is 0 Å². The van der Waals surface area contributed by atoms with Crippen LogP contribution in [0.5, 0.6) is 0 Å². The van der Waals surface area contributed by atoms with Crippen LogP contribution in [-0.4, -0.2) is 19.2 Å². The normalized spacial score (nSPS) is 11.6. The maximum absolute atomic E-state index is 12.5. The van der Waals surface area contributed by atoms with Gasteiger partial charge in [0, 0.05) is 11.1 Å². The lowest BCUT2D eigenvalue weighted by molar-refractivity contribution is 0.252. The molecular formula is C12H9ClF2N2O2S2. The van der Waals surface area contributed by atoms with Crippen LogP contribution in [0.3, 0.4) is 0 Å². The highest BCUT2D eigenvalue weighted by atomic mass is 35.5. The first-order valence-electron chi connectivity index (χ1n) is 5.57. The molecule has 0 aliphatic heterocycles. The van der Waals surface area contributed by atoms with E-state index in [-0.39, 0.29) is 32.4 Å². The molecule has 1 heterocycles. The molecule has 0 spiro atoms. The monoisotopic (exact) mass is 350 g/mol. The molecule has 0 atom stereocenters. The number of sulfonamides is 1. The van der Waals surface area contributed by atoms with Crippen LogP contribution < -0.4 is 4.72 Å². The van der Waals surface area contributed by atoms with E-state index >= 15 is 0 Å². The Morgan fingerprint density at radius 2 is 1.90 bits per heavy atom. The third-order valence-corrected chi connectivity index (χ3v) is 4.96. The largest absolute Gasteiger partial charge is 0.288 e. The molecule has 112 valence electrons. The summed E-state index contributed by atoms with van der Waals surface area (Å²) in [5.74, 6) is -2.65. The molecule has 0 saturated carbocycles. The van der Waals surface area contributed by atoms with Crippen molar-refractivity contribution in [2.24, 2.45) is 0 Å². The van der Waals surface area contributed by atoms with Gasteiger partial charge in [-0.25, -0.2) is 13.4 Å². The number of rotatable bonds is 5. The van der Waals surface area contributed by atoms with Gasteiger partial charge in [0.15, 0.2) is 0 Å². The highest BCUT2D eigenvalue weighted by Crippen LogP contribution is 2.33. The molecule has 0 aliphatic carbocycles. The maximum Gasteiger partial charge on any atom is 0.288 e. The van der Waals surface area contributed by atoms with Crippen LogP contribution in [0, 0.1) is 0 Å². The zero-order valence-corrected chi connectivity index (χ0v) is 12.7. The molecular weight excluding hydrogens is 342 g/mol. The zero-order chi connectivity index (χ0) is 15.5. The van der Waals surface area contributed by atoms with E-state index < -0.39 is 15.8 Å². The number of pyridine rings is 1. The molecule has 1 aromatic carbocycles. The summed E-state index contributed by atoms with van der Waals surface area (Å²) in [6.07, 6.45) is 1.35. The molecule has 4 nitrogen and oxygen atoms in total. The lowest BCUT2D eigenvalue weighted by atomic mass is 10.3. The summed E-state index contributed by atoms with van der Waals surface area (Å²) in [7, 11) is -4.00. The average Bonchev–Trinajstić information content (AvgIpc) is 2.40. The molecule has 1 N–H and O–H groups in total. The minimum Gasteiger partial charge on any atom is -0.278 e. The molecule has 0 unspecified atom stereocenters. The van der Waals surface area contributed by atoms with Gasteiger partial charge in [-0.05, 0) is 24.3 Å². The number of thioether (sulfide) groups is 1. The SMILES string of the molecule is O=S(=O)(Nc1ccccc1SC(F)F)c1cccnc1Cl. The molecule has 0 saturated heterocycles. The van der Waals surface area contributed by atoms with Gasteiger partial charge in [-0.2, -0.15) is 8.78 Å². The first-order chi connectivity index (χ1) is 9.90. The van der Waals surface area contributed by atoms with Crippen LogP contribution in [0.25, 0.3) is 0 Å². The third kappa shape index (κ3) is 4.05. The van der Waals surface area contributed by atoms with Gasteiger partial charge < -0.3 is 0 Å². The predicted octanol–water partition coefficient (Wildman–Crippen LogP) is 3.85. The van der Waals surface area contributed by atoms with Gasteiger partial charge in [0.25, 0.3) is 15.8 Å². The summed E-state index contributed by atoms with van der Waals surface area (Å²) in [4.78, 5) is 3.58. The lowest BCUT2D eigenvalue weighted by Gasteiger charge is -2.12. The Labute approximate surface area is 129 Å². The fourth-order valence-corrected chi connectivity index (χ4v) is 3.71. The maximum atomic E-state index is 12.5. The van der Waals surface area contributed by atoms with Crippen molar-refractivity contribution in [1.29, 1.82) is 0 Å². The standard InChI is InChI=1S/C12H9ClF2N2O2S2/c13-11-10(6-3-7-16-11)21(18,19)17-8-4-1-2-5-9(8)20-12(14)15/h1-7,12,17H. The average molecular weight is 351 g/mol. The first kappa shape index (κ1) is 16.0. The molecule has 0 bridgehead atoms. The second-order valence-corrected chi connectivity index (χ2v) is 6.81. The second kappa shape index (κ2) is 6.59. The van der Waals surface area contributed by atoms with E-state index in [1.807, 2.05) is 0 Å². The van der Waals surface area contributed by atoms with E-state index in [9.17, 15) is 17.2 Å². The number of hydrogen-bond donors (Lipinski definition) is 1. The molecule has 2 aromatic rings. The van der Waals surface area contributed by atoms with Crippen LogP contribution in [0.4, 0.5) is 14.5 Å². The van der Waals surface area contributed by atoms with Gasteiger partial charge >= 0.3 is 0 Å². The number of hydrogen-bond acceptors (Lipinski definition) is 4. The topological polar surface area (TPSA) is 59.1 Å². The molecule has 0 aliphatic rings. The minimum absolute atomic E-state index is 0.0581. The van der Waals surface area contributed by atoms with Gasteiger partial charge in [-0.1, -0.05) is 35.5 Å². The van der Waals surface area contributed by atoms with Crippen molar-refractivity contribution in [1.82, 2.24) is 4.98 Å². The van der Waals surface area contributed by atoms with Crippen molar-refractivity contribution in [3.05, 3.63) is 47.7 Å². The Morgan fingerprint density at radius 3 is 2.57 bits per heavy atom. The Hall–Kier alpha value is -1.38. The number of nitrogens with one attached hydrogen (secondary N) is 1.